The maximum absolute atomic E-state index is 6.05. The Morgan fingerprint density at radius 2 is 1.56 bits per heavy atom. The predicted molar refractivity (Wildman–Crippen MR) is 95.3 cm³/mol. The van der Waals surface area contributed by atoms with E-state index >= 15 is 0 Å². The zero-order valence-corrected chi connectivity index (χ0v) is 13.7. The lowest BCUT2D eigenvalue weighted by Crippen LogP contribution is -2.15. The van der Waals surface area contributed by atoms with Crippen molar-refractivity contribution in [2.45, 2.75) is 18.9 Å². The number of aromatic nitrogens is 2. The summed E-state index contributed by atoms with van der Waals surface area (Å²) < 4.78 is 11.9. The van der Waals surface area contributed by atoms with Gasteiger partial charge in [-0.2, -0.15) is 0 Å². The third-order valence-electron chi connectivity index (χ3n) is 4.69. The van der Waals surface area contributed by atoms with Gasteiger partial charge in [-0.1, -0.05) is 42.0 Å². The molecule has 2 atom stereocenters. The molecule has 4 heteroatoms. The number of aryl methyl sites for hydroxylation is 1. The van der Waals surface area contributed by atoms with E-state index in [1.54, 1.807) is 0 Å². The van der Waals surface area contributed by atoms with Gasteiger partial charge in [0.2, 0.25) is 11.8 Å². The van der Waals surface area contributed by atoms with Crippen LogP contribution in [0.2, 0.25) is 0 Å². The maximum atomic E-state index is 6.05. The van der Waals surface area contributed by atoms with E-state index < -0.39 is 0 Å². The van der Waals surface area contributed by atoms with Crippen molar-refractivity contribution >= 4 is 0 Å². The fraction of sp³-hybridized carbons (Fsp3) is 0.143. The van der Waals surface area contributed by atoms with Gasteiger partial charge in [-0.3, -0.25) is 0 Å². The average Bonchev–Trinajstić information content (AvgIpc) is 3.26. The largest absolute Gasteiger partial charge is 0.485 e. The molecule has 0 radical (unpaired) electrons. The molecule has 1 aliphatic heterocycles. The van der Waals surface area contributed by atoms with Gasteiger partial charge in [0.15, 0.2) is 0 Å². The van der Waals surface area contributed by atoms with Gasteiger partial charge in [-0.25, -0.2) is 0 Å². The quantitative estimate of drug-likeness (QED) is 0.685. The molecular formula is C21H16N2O2. The molecule has 1 aromatic heterocycles. The minimum absolute atomic E-state index is 0.0843. The SMILES string of the molecule is Cc1ccc(-c2nnc(-c3ccc4c(c3)OC3C=CC=CC43)o2)cc1. The van der Waals surface area contributed by atoms with Crippen molar-refractivity contribution < 1.29 is 9.15 Å². The van der Waals surface area contributed by atoms with Crippen LogP contribution in [0.3, 0.4) is 0 Å². The van der Waals surface area contributed by atoms with Crippen LogP contribution in [0.1, 0.15) is 17.0 Å². The van der Waals surface area contributed by atoms with E-state index in [2.05, 4.69) is 41.4 Å². The molecule has 4 nitrogen and oxygen atoms in total. The Labute approximate surface area is 145 Å². The number of ether oxygens (including phenoxy) is 1. The lowest BCUT2D eigenvalue weighted by atomic mass is 9.92. The molecule has 0 saturated heterocycles. The number of allylic oxidation sites excluding steroid dienone is 2. The molecule has 0 amide bonds. The summed E-state index contributed by atoms with van der Waals surface area (Å²) in [5, 5.41) is 8.38. The molecule has 122 valence electrons. The van der Waals surface area contributed by atoms with Crippen molar-refractivity contribution in [3.8, 4) is 28.7 Å². The van der Waals surface area contributed by atoms with Crippen LogP contribution in [0, 0.1) is 6.92 Å². The summed E-state index contributed by atoms with van der Waals surface area (Å²) in [6.07, 6.45) is 8.45. The minimum Gasteiger partial charge on any atom is -0.485 e. The number of fused-ring (bicyclic) bond motifs is 3. The van der Waals surface area contributed by atoms with Gasteiger partial charge in [-0.05, 0) is 37.3 Å². The molecule has 1 aliphatic carbocycles. The van der Waals surface area contributed by atoms with Crippen LogP contribution in [0.25, 0.3) is 22.9 Å². The monoisotopic (exact) mass is 328 g/mol. The summed E-state index contributed by atoms with van der Waals surface area (Å²) in [5.41, 5.74) is 4.19. The van der Waals surface area contributed by atoms with E-state index in [9.17, 15) is 0 Å². The molecule has 3 aromatic rings. The lowest BCUT2D eigenvalue weighted by Gasteiger charge is -2.13. The summed E-state index contributed by atoms with van der Waals surface area (Å²) in [6, 6.07) is 14.1. The minimum atomic E-state index is 0.0843. The molecule has 2 aromatic carbocycles. The van der Waals surface area contributed by atoms with Crippen molar-refractivity contribution in [2.24, 2.45) is 0 Å². The first-order chi connectivity index (χ1) is 12.3. The third-order valence-corrected chi connectivity index (χ3v) is 4.69. The Morgan fingerprint density at radius 1 is 0.840 bits per heavy atom. The van der Waals surface area contributed by atoms with Crippen LogP contribution in [0.4, 0.5) is 0 Å². The zero-order valence-electron chi connectivity index (χ0n) is 13.7. The first-order valence-corrected chi connectivity index (χ1v) is 8.34. The van der Waals surface area contributed by atoms with Gasteiger partial charge in [-0.15, -0.1) is 10.2 Å². The van der Waals surface area contributed by atoms with Crippen LogP contribution in [-0.4, -0.2) is 16.3 Å². The van der Waals surface area contributed by atoms with Crippen LogP contribution >= 0.6 is 0 Å². The molecule has 25 heavy (non-hydrogen) atoms. The number of benzene rings is 2. The zero-order chi connectivity index (χ0) is 16.8. The molecule has 0 spiro atoms. The first kappa shape index (κ1) is 14.2. The van der Waals surface area contributed by atoms with Crippen molar-refractivity contribution in [3.63, 3.8) is 0 Å². The van der Waals surface area contributed by atoms with Gasteiger partial charge >= 0.3 is 0 Å². The number of rotatable bonds is 2. The van der Waals surface area contributed by atoms with Gasteiger partial charge < -0.3 is 9.15 Å². The average molecular weight is 328 g/mol. The third kappa shape index (κ3) is 2.38. The highest BCUT2D eigenvalue weighted by Gasteiger charge is 2.32. The van der Waals surface area contributed by atoms with Gasteiger partial charge in [0, 0.05) is 22.6 Å². The van der Waals surface area contributed by atoms with Crippen molar-refractivity contribution in [1.29, 1.82) is 0 Å². The number of hydrogen-bond donors (Lipinski definition) is 0. The van der Waals surface area contributed by atoms with Gasteiger partial charge in [0.1, 0.15) is 11.9 Å². The normalized spacial score (nSPS) is 20.2. The molecule has 0 N–H and O–H groups in total. The van der Waals surface area contributed by atoms with Crippen molar-refractivity contribution in [1.82, 2.24) is 10.2 Å². The molecule has 2 unspecified atom stereocenters. The lowest BCUT2D eigenvalue weighted by molar-refractivity contribution is 0.269. The van der Waals surface area contributed by atoms with Crippen LogP contribution in [-0.2, 0) is 0 Å². The van der Waals surface area contributed by atoms with Gasteiger partial charge in [0.05, 0.1) is 0 Å². The van der Waals surface area contributed by atoms with E-state index in [0.29, 0.717) is 17.7 Å². The number of nitrogens with zero attached hydrogens (tertiary/aromatic N) is 2. The van der Waals surface area contributed by atoms with E-state index in [1.165, 1.54) is 11.1 Å². The Balaban J connectivity index is 1.48. The number of hydrogen-bond acceptors (Lipinski definition) is 4. The van der Waals surface area contributed by atoms with Crippen LogP contribution < -0.4 is 4.74 Å². The molecule has 0 saturated carbocycles. The highest BCUT2D eigenvalue weighted by Crippen LogP contribution is 2.42. The standard InChI is InChI=1S/C21H16N2O2/c1-13-6-8-14(9-7-13)20-22-23-21(25-20)15-10-11-17-16-4-2-3-5-18(16)24-19(17)12-15/h2-12,16,18H,1H3. The van der Waals surface area contributed by atoms with E-state index in [4.69, 9.17) is 9.15 Å². The van der Waals surface area contributed by atoms with Crippen molar-refractivity contribution in [3.05, 3.63) is 77.9 Å². The Morgan fingerprint density at radius 3 is 2.40 bits per heavy atom. The summed E-state index contributed by atoms with van der Waals surface area (Å²) >= 11 is 0. The molecule has 5 rings (SSSR count). The summed E-state index contributed by atoms with van der Waals surface area (Å²) in [7, 11) is 0. The summed E-state index contributed by atoms with van der Waals surface area (Å²) in [4.78, 5) is 0. The van der Waals surface area contributed by atoms with Crippen LogP contribution in [0.15, 0.2) is 71.2 Å². The maximum Gasteiger partial charge on any atom is 0.248 e. The summed E-state index contributed by atoms with van der Waals surface area (Å²) in [5.74, 6) is 2.21. The van der Waals surface area contributed by atoms with E-state index in [-0.39, 0.29) is 6.10 Å². The Hall–Kier alpha value is -3.14. The molecule has 2 aliphatic rings. The second kappa shape index (κ2) is 5.45. The Kier molecular flexibility index (Phi) is 3.10. The van der Waals surface area contributed by atoms with E-state index in [1.807, 2.05) is 42.5 Å². The van der Waals surface area contributed by atoms with Gasteiger partial charge in [0.25, 0.3) is 0 Å². The first-order valence-electron chi connectivity index (χ1n) is 8.34. The highest BCUT2D eigenvalue weighted by atomic mass is 16.5. The van der Waals surface area contributed by atoms with Crippen LogP contribution in [0.5, 0.6) is 5.75 Å². The second-order valence-electron chi connectivity index (χ2n) is 6.41. The van der Waals surface area contributed by atoms with Crippen molar-refractivity contribution in [2.75, 3.05) is 0 Å². The molecule has 0 bridgehead atoms. The fourth-order valence-electron chi connectivity index (χ4n) is 3.32. The van der Waals surface area contributed by atoms with E-state index in [0.717, 1.165) is 16.9 Å². The Bertz CT molecular complexity index is 999. The molecule has 2 heterocycles. The summed E-state index contributed by atoms with van der Waals surface area (Å²) in [6.45, 7) is 2.05. The molecular weight excluding hydrogens is 312 g/mol. The predicted octanol–water partition coefficient (Wildman–Crippen LogP) is 4.68. The second-order valence-corrected chi connectivity index (χ2v) is 6.41. The molecule has 0 fully saturated rings. The smallest absolute Gasteiger partial charge is 0.248 e. The topological polar surface area (TPSA) is 48.2 Å². The highest BCUT2D eigenvalue weighted by molar-refractivity contribution is 5.62. The fourth-order valence-corrected chi connectivity index (χ4v) is 3.32.